The number of benzene rings is 1. The second kappa shape index (κ2) is 11.3. The third-order valence-corrected chi connectivity index (χ3v) is 6.34. The summed E-state index contributed by atoms with van der Waals surface area (Å²) in [6.45, 7) is 6.17. The third-order valence-electron chi connectivity index (χ3n) is 4.74. The van der Waals surface area contributed by atoms with Gasteiger partial charge in [-0.05, 0) is 84.1 Å². The Hall–Kier alpha value is -2.36. The smallest absolute Gasteiger partial charge is 0.123 e. The number of rotatable bonds is 9. The molecule has 3 rings (SSSR count). The van der Waals surface area contributed by atoms with E-state index in [2.05, 4.69) is 76.3 Å². The third kappa shape index (κ3) is 7.68. The van der Waals surface area contributed by atoms with Crippen molar-refractivity contribution in [2.45, 2.75) is 32.6 Å². The second-order valence-electron chi connectivity index (χ2n) is 7.83. The summed E-state index contributed by atoms with van der Waals surface area (Å²) in [5.41, 5.74) is 3.36. The first kappa shape index (κ1) is 23.3. The molecule has 3 aromatic rings. The molecule has 0 aliphatic rings. The maximum Gasteiger partial charge on any atom is 0.123 e. The molecule has 0 spiro atoms. The molecule has 0 radical (unpaired) electrons. The van der Waals surface area contributed by atoms with Crippen LogP contribution >= 0.6 is 22.7 Å². The van der Waals surface area contributed by atoms with Gasteiger partial charge in [-0.1, -0.05) is 30.0 Å². The van der Waals surface area contributed by atoms with E-state index in [-0.39, 0.29) is 0 Å². The van der Waals surface area contributed by atoms with Gasteiger partial charge in [0.25, 0.3) is 0 Å². The fourth-order valence-electron chi connectivity index (χ4n) is 2.86. The average molecular weight is 452 g/mol. The van der Waals surface area contributed by atoms with Crippen LogP contribution in [0.4, 0.5) is 0 Å². The van der Waals surface area contributed by atoms with E-state index in [4.69, 9.17) is 9.47 Å². The highest BCUT2D eigenvalue weighted by Gasteiger charge is 2.10. The Morgan fingerprint density at radius 3 is 2.77 bits per heavy atom. The normalized spacial score (nSPS) is 11.6. The van der Waals surface area contributed by atoms with Gasteiger partial charge in [0.2, 0.25) is 0 Å². The van der Waals surface area contributed by atoms with Crippen LogP contribution < -0.4 is 4.74 Å². The SMILES string of the molecule is COC(C)(C)C#CC=CCN(C)Cc1cccc(OCc2cc(-c3ccsc3)cs2)c1. The minimum absolute atomic E-state index is 0.411. The molecule has 3 nitrogen and oxygen atoms in total. The molecule has 5 heteroatoms. The number of hydrogen-bond acceptors (Lipinski definition) is 5. The summed E-state index contributed by atoms with van der Waals surface area (Å²) >= 11 is 3.47. The Labute approximate surface area is 194 Å². The number of likely N-dealkylation sites (N-methyl/N-ethyl adjacent to an activating group) is 1. The van der Waals surface area contributed by atoms with E-state index in [1.165, 1.54) is 21.6 Å². The summed E-state index contributed by atoms with van der Waals surface area (Å²) in [7, 11) is 3.77. The van der Waals surface area contributed by atoms with Crippen LogP contribution in [-0.4, -0.2) is 31.2 Å². The Balaban J connectivity index is 1.48. The van der Waals surface area contributed by atoms with E-state index in [1.807, 2.05) is 26.0 Å². The number of thiophene rings is 2. The van der Waals surface area contributed by atoms with Crippen LogP contribution in [0.2, 0.25) is 0 Å². The van der Waals surface area contributed by atoms with Crippen LogP contribution in [0.3, 0.4) is 0 Å². The zero-order chi connectivity index (χ0) is 22.1. The summed E-state index contributed by atoms with van der Waals surface area (Å²) in [5, 5.41) is 6.48. The van der Waals surface area contributed by atoms with Crippen LogP contribution in [0.15, 0.2) is 64.7 Å². The van der Waals surface area contributed by atoms with Gasteiger partial charge < -0.3 is 9.47 Å². The van der Waals surface area contributed by atoms with E-state index in [0.29, 0.717) is 6.61 Å². The predicted molar refractivity (Wildman–Crippen MR) is 133 cm³/mol. The summed E-state index contributed by atoms with van der Waals surface area (Å²) in [4.78, 5) is 3.47. The highest BCUT2D eigenvalue weighted by atomic mass is 32.1. The van der Waals surface area contributed by atoms with Gasteiger partial charge >= 0.3 is 0 Å². The van der Waals surface area contributed by atoms with Crippen LogP contribution in [-0.2, 0) is 17.9 Å². The molecule has 0 atom stereocenters. The Bertz CT molecular complexity index is 1040. The zero-order valence-electron chi connectivity index (χ0n) is 18.6. The first-order valence-corrected chi connectivity index (χ1v) is 12.0. The molecular formula is C26H29NO2S2. The van der Waals surface area contributed by atoms with Gasteiger partial charge in [0.05, 0.1) is 0 Å². The lowest BCUT2D eigenvalue weighted by atomic mass is 10.1. The fraction of sp³-hybridized carbons (Fsp3) is 0.308. The molecule has 0 bridgehead atoms. The average Bonchev–Trinajstić information content (AvgIpc) is 3.44. The van der Waals surface area contributed by atoms with E-state index in [1.54, 1.807) is 29.8 Å². The molecular weight excluding hydrogens is 422 g/mol. The topological polar surface area (TPSA) is 21.7 Å². The summed E-state index contributed by atoms with van der Waals surface area (Å²) in [6.07, 6.45) is 3.96. The number of ether oxygens (including phenoxy) is 2. The summed E-state index contributed by atoms with van der Waals surface area (Å²) in [6, 6.07) is 12.7. The zero-order valence-corrected chi connectivity index (χ0v) is 20.2. The Kier molecular flexibility index (Phi) is 8.51. The highest BCUT2D eigenvalue weighted by molar-refractivity contribution is 7.10. The molecule has 0 aliphatic heterocycles. The van der Waals surface area contributed by atoms with Crippen LogP contribution in [0, 0.1) is 11.8 Å². The Morgan fingerprint density at radius 2 is 2.00 bits per heavy atom. The maximum atomic E-state index is 6.05. The summed E-state index contributed by atoms with van der Waals surface area (Å²) in [5.74, 6) is 7.03. The molecule has 2 aromatic heterocycles. The van der Waals surface area contributed by atoms with Crippen LogP contribution in [0.25, 0.3) is 11.1 Å². The lowest BCUT2D eigenvalue weighted by molar-refractivity contribution is 0.0742. The van der Waals surface area contributed by atoms with Crippen molar-refractivity contribution in [1.29, 1.82) is 0 Å². The van der Waals surface area contributed by atoms with Gasteiger partial charge in [0.1, 0.15) is 18.0 Å². The molecule has 2 heterocycles. The first-order chi connectivity index (χ1) is 14.9. The van der Waals surface area contributed by atoms with Gasteiger partial charge in [-0.2, -0.15) is 11.3 Å². The van der Waals surface area contributed by atoms with Crippen molar-refractivity contribution in [2.24, 2.45) is 0 Å². The number of nitrogens with zero attached hydrogens (tertiary/aromatic N) is 1. The molecule has 0 saturated heterocycles. The lowest BCUT2D eigenvalue weighted by Crippen LogP contribution is -2.19. The van der Waals surface area contributed by atoms with E-state index in [9.17, 15) is 0 Å². The maximum absolute atomic E-state index is 6.05. The quantitative estimate of drug-likeness (QED) is 0.348. The van der Waals surface area contributed by atoms with Crippen LogP contribution in [0.1, 0.15) is 24.3 Å². The van der Waals surface area contributed by atoms with E-state index in [0.717, 1.165) is 18.8 Å². The fourth-order valence-corrected chi connectivity index (χ4v) is 4.33. The minimum atomic E-state index is -0.411. The standard InChI is InChI=1S/C26H29NO2S2/c1-26(2,28-4)12-6-5-7-13-27(3)17-21-9-8-10-24(15-21)29-18-25-16-23(20-31-25)22-11-14-30-19-22/h5,7-11,14-16,19-20H,13,17-18H2,1-4H3. The second-order valence-corrected chi connectivity index (χ2v) is 9.61. The van der Waals surface area contributed by atoms with Crippen molar-refractivity contribution in [2.75, 3.05) is 20.7 Å². The molecule has 0 unspecified atom stereocenters. The van der Waals surface area contributed by atoms with Gasteiger partial charge in [0, 0.05) is 25.1 Å². The van der Waals surface area contributed by atoms with Crippen molar-refractivity contribution in [1.82, 2.24) is 4.90 Å². The number of allylic oxidation sites excluding steroid dienone is 1. The number of methoxy groups -OCH3 is 1. The molecule has 0 fully saturated rings. The molecule has 0 amide bonds. The monoisotopic (exact) mass is 451 g/mol. The van der Waals surface area contributed by atoms with Crippen molar-refractivity contribution in [3.05, 3.63) is 75.1 Å². The molecule has 31 heavy (non-hydrogen) atoms. The van der Waals surface area contributed by atoms with Crippen molar-refractivity contribution in [3.8, 4) is 28.7 Å². The molecule has 0 aliphatic carbocycles. The Morgan fingerprint density at radius 1 is 1.13 bits per heavy atom. The van der Waals surface area contributed by atoms with Gasteiger partial charge in [-0.15, -0.1) is 11.3 Å². The van der Waals surface area contributed by atoms with E-state index < -0.39 is 5.60 Å². The molecule has 1 aromatic carbocycles. The molecule has 162 valence electrons. The van der Waals surface area contributed by atoms with Crippen molar-refractivity contribution >= 4 is 22.7 Å². The minimum Gasteiger partial charge on any atom is -0.488 e. The molecule has 0 N–H and O–H groups in total. The van der Waals surface area contributed by atoms with E-state index >= 15 is 0 Å². The largest absolute Gasteiger partial charge is 0.488 e. The lowest BCUT2D eigenvalue weighted by Gasteiger charge is -2.15. The molecule has 0 saturated carbocycles. The van der Waals surface area contributed by atoms with Gasteiger partial charge in [0.15, 0.2) is 0 Å². The van der Waals surface area contributed by atoms with Gasteiger partial charge in [-0.3, -0.25) is 4.90 Å². The highest BCUT2D eigenvalue weighted by Crippen LogP contribution is 2.28. The summed E-state index contributed by atoms with van der Waals surface area (Å²) < 4.78 is 11.3. The number of hydrogen-bond donors (Lipinski definition) is 0. The van der Waals surface area contributed by atoms with Crippen molar-refractivity contribution < 1.29 is 9.47 Å². The van der Waals surface area contributed by atoms with Crippen LogP contribution in [0.5, 0.6) is 5.75 Å². The first-order valence-electron chi connectivity index (χ1n) is 10.2. The van der Waals surface area contributed by atoms with Crippen molar-refractivity contribution in [3.63, 3.8) is 0 Å². The predicted octanol–water partition coefficient (Wildman–Crippen LogP) is 6.47. The van der Waals surface area contributed by atoms with Gasteiger partial charge in [-0.25, -0.2) is 0 Å².